The average Bonchev–Trinajstić information content (AvgIpc) is 2.71. The van der Waals surface area contributed by atoms with Gasteiger partial charge in [0.2, 0.25) is 11.8 Å². The lowest BCUT2D eigenvalue weighted by atomic mass is 10.2. The van der Waals surface area contributed by atoms with Gasteiger partial charge in [-0.15, -0.1) is 0 Å². The first-order valence-corrected chi connectivity index (χ1v) is 6.57. The van der Waals surface area contributed by atoms with Crippen LogP contribution in [0.3, 0.4) is 0 Å². The normalized spacial score (nSPS) is 10.9. The molecule has 110 valence electrons. The Morgan fingerprint density at radius 2 is 2.24 bits per heavy atom. The molecule has 0 saturated carbocycles. The summed E-state index contributed by atoms with van der Waals surface area (Å²) in [5.41, 5.74) is 2.07. The first-order valence-electron chi connectivity index (χ1n) is 6.19. The van der Waals surface area contributed by atoms with E-state index in [2.05, 4.69) is 15.4 Å². The van der Waals surface area contributed by atoms with Gasteiger partial charge in [-0.2, -0.15) is 5.10 Å². The summed E-state index contributed by atoms with van der Waals surface area (Å²) in [6, 6.07) is 3.38. The number of amides is 1. The number of nitrogens with zero attached hydrogens (tertiary/aromatic N) is 3. The van der Waals surface area contributed by atoms with Crippen molar-refractivity contribution in [1.29, 1.82) is 0 Å². The van der Waals surface area contributed by atoms with Gasteiger partial charge in [-0.25, -0.2) is 4.98 Å². The van der Waals surface area contributed by atoms with Crippen LogP contribution in [0, 0.1) is 6.92 Å². The molecule has 0 unspecified atom stereocenters. The average molecular weight is 307 g/mol. The summed E-state index contributed by atoms with van der Waals surface area (Å²) in [7, 11) is 3.28. The molecule has 0 spiro atoms. The predicted octanol–water partition coefficient (Wildman–Crippen LogP) is 2.44. The molecule has 21 heavy (non-hydrogen) atoms. The number of halogens is 1. The van der Waals surface area contributed by atoms with E-state index in [4.69, 9.17) is 16.3 Å². The minimum Gasteiger partial charge on any atom is -0.481 e. The standard InChI is InChI=1S/C14H15ClN4O2/c1-9-11(14(15)19(2)18-9)5-6-12(20)17-10-4-7-13(21-3)16-8-10/h4-8H,1-3H3,(H,17,20)/b6-5+. The molecule has 0 aliphatic heterocycles. The highest BCUT2D eigenvalue weighted by Gasteiger charge is 2.08. The Balaban J connectivity index is 2.05. The number of anilines is 1. The molecule has 0 radical (unpaired) electrons. The predicted molar refractivity (Wildman–Crippen MR) is 81.4 cm³/mol. The number of ether oxygens (including phenoxy) is 1. The number of nitrogens with one attached hydrogen (secondary N) is 1. The molecule has 0 aromatic carbocycles. The third-order valence-electron chi connectivity index (χ3n) is 2.81. The Bertz CT molecular complexity index is 677. The summed E-state index contributed by atoms with van der Waals surface area (Å²) in [5.74, 6) is 0.211. The van der Waals surface area contributed by atoms with Crippen molar-refractivity contribution in [3.63, 3.8) is 0 Å². The smallest absolute Gasteiger partial charge is 0.248 e. The van der Waals surface area contributed by atoms with Crippen molar-refractivity contribution >= 4 is 29.3 Å². The Morgan fingerprint density at radius 1 is 1.48 bits per heavy atom. The lowest BCUT2D eigenvalue weighted by molar-refractivity contribution is -0.111. The van der Waals surface area contributed by atoms with Crippen LogP contribution in [0.1, 0.15) is 11.3 Å². The molecule has 0 bridgehead atoms. The summed E-state index contributed by atoms with van der Waals surface area (Å²) >= 11 is 6.08. The molecule has 0 atom stereocenters. The summed E-state index contributed by atoms with van der Waals surface area (Å²) in [6.07, 6.45) is 4.56. The molecule has 0 aliphatic carbocycles. The Kier molecular flexibility index (Phi) is 4.59. The maximum atomic E-state index is 11.8. The van der Waals surface area contributed by atoms with E-state index in [-0.39, 0.29) is 5.91 Å². The number of aromatic nitrogens is 3. The fraction of sp³-hybridized carbons (Fsp3) is 0.214. The van der Waals surface area contributed by atoms with Crippen LogP contribution in [-0.2, 0) is 11.8 Å². The Morgan fingerprint density at radius 3 is 2.76 bits per heavy atom. The van der Waals surface area contributed by atoms with E-state index < -0.39 is 0 Å². The van der Waals surface area contributed by atoms with E-state index in [1.54, 1.807) is 29.9 Å². The number of carbonyl (C=O) groups excluding carboxylic acids is 1. The largest absolute Gasteiger partial charge is 0.481 e. The minimum absolute atomic E-state index is 0.277. The maximum Gasteiger partial charge on any atom is 0.248 e. The summed E-state index contributed by atoms with van der Waals surface area (Å²) in [6.45, 7) is 1.83. The zero-order valence-electron chi connectivity index (χ0n) is 11.9. The van der Waals surface area contributed by atoms with Crippen LogP contribution in [0.4, 0.5) is 5.69 Å². The number of hydrogen-bond donors (Lipinski definition) is 1. The van der Waals surface area contributed by atoms with Crippen molar-refractivity contribution in [3.05, 3.63) is 40.8 Å². The zero-order valence-corrected chi connectivity index (χ0v) is 12.7. The number of hydrogen-bond acceptors (Lipinski definition) is 4. The number of rotatable bonds is 4. The van der Waals surface area contributed by atoms with Crippen molar-refractivity contribution in [2.75, 3.05) is 12.4 Å². The van der Waals surface area contributed by atoms with Crippen molar-refractivity contribution in [2.24, 2.45) is 7.05 Å². The highest BCUT2D eigenvalue weighted by atomic mass is 35.5. The molecule has 2 aromatic rings. The van der Waals surface area contributed by atoms with Gasteiger partial charge in [0, 0.05) is 24.8 Å². The van der Waals surface area contributed by atoms with Gasteiger partial charge in [-0.1, -0.05) is 11.6 Å². The van der Waals surface area contributed by atoms with Gasteiger partial charge < -0.3 is 10.1 Å². The van der Waals surface area contributed by atoms with Gasteiger partial charge in [0.15, 0.2) is 0 Å². The zero-order chi connectivity index (χ0) is 15.4. The van der Waals surface area contributed by atoms with Gasteiger partial charge in [0.05, 0.1) is 24.7 Å². The van der Waals surface area contributed by atoms with Crippen molar-refractivity contribution in [1.82, 2.24) is 14.8 Å². The summed E-state index contributed by atoms with van der Waals surface area (Å²) in [4.78, 5) is 15.8. The lowest BCUT2D eigenvalue weighted by Gasteiger charge is -2.02. The van der Waals surface area contributed by atoms with Crippen molar-refractivity contribution in [2.45, 2.75) is 6.92 Å². The highest BCUT2D eigenvalue weighted by Crippen LogP contribution is 2.20. The number of aryl methyl sites for hydroxylation is 2. The third kappa shape index (κ3) is 3.61. The molecular formula is C14H15ClN4O2. The number of methoxy groups -OCH3 is 1. The van der Waals surface area contributed by atoms with Crippen LogP contribution in [-0.4, -0.2) is 27.8 Å². The number of pyridine rings is 1. The first kappa shape index (κ1) is 15.1. The van der Waals surface area contributed by atoms with Gasteiger partial charge in [-0.3, -0.25) is 9.48 Å². The van der Waals surface area contributed by atoms with Crippen molar-refractivity contribution < 1.29 is 9.53 Å². The van der Waals surface area contributed by atoms with Crippen LogP contribution in [0.15, 0.2) is 24.4 Å². The summed E-state index contributed by atoms with van der Waals surface area (Å²) in [5, 5.41) is 7.35. The SMILES string of the molecule is COc1ccc(NC(=O)/C=C/c2c(C)nn(C)c2Cl)cn1. The van der Waals surface area contributed by atoms with Gasteiger partial charge in [0.1, 0.15) is 5.15 Å². The van der Waals surface area contributed by atoms with Crippen LogP contribution < -0.4 is 10.1 Å². The fourth-order valence-corrected chi connectivity index (χ4v) is 1.99. The van der Waals surface area contributed by atoms with Crippen LogP contribution in [0.2, 0.25) is 5.15 Å². The van der Waals surface area contributed by atoms with Gasteiger partial charge in [0.25, 0.3) is 0 Å². The molecule has 2 rings (SSSR count). The third-order valence-corrected chi connectivity index (χ3v) is 3.26. The molecule has 1 N–H and O–H groups in total. The molecule has 2 aromatic heterocycles. The number of carbonyl (C=O) groups is 1. The molecular weight excluding hydrogens is 292 g/mol. The Labute approximate surface area is 127 Å². The fourth-order valence-electron chi connectivity index (χ4n) is 1.75. The maximum absolute atomic E-state index is 11.8. The van der Waals surface area contributed by atoms with Crippen molar-refractivity contribution in [3.8, 4) is 5.88 Å². The summed E-state index contributed by atoms with van der Waals surface area (Å²) < 4.78 is 6.50. The van der Waals surface area contributed by atoms with E-state index in [1.165, 1.54) is 19.4 Å². The van der Waals surface area contributed by atoms with Crippen LogP contribution in [0.5, 0.6) is 5.88 Å². The van der Waals surface area contributed by atoms with E-state index >= 15 is 0 Å². The Hall–Kier alpha value is -2.34. The topological polar surface area (TPSA) is 69.0 Å². The molecule has 0 fully saturated rings. The second-order valence-corrected chi connectivity index (χ2v) is 4.68. The van der Waals surface area contributed by atoms with E-state index in [0.717, 1.165) is 11.3 Å². The molecule has 6 nitrogen and oxygen atoms in total. The molecule has 0 aliphatic rings. The van der Waals surface area contributed by atoms with Crippen LogP contribution in [0.25, 0.3) is 6.08 Å². The molecule has 0 saturated heterocycles. The monoisotopic (exact) mass is 306 g/mol. The minimum atomic E-state index is -0.277. The van der Waals surface area contributed by atoms with Crippen LogP contribution >= 0.6 is 11.6 Å². The van der Waals surface area contributed by atoms with E-state index in [0.29, 0.717) is 16.7 Å². The molecule has 2 heterocycles. The quantitative estimate of drug-likeness (QED) is 0.881. The second kappa shape index (κ2) is 6.41. The second-order valence-electron chi connectivity index (χ2n) is 4.33. The highest BCUT2D eigenvalue weighted by molar-refractivity contribution is 6.31. The van der Waals surface area contributed by atoms with Gasteiger partial charge >= 0.3 is 0 Å². The van der Waals surface area contributed by atoms with Gasteiger partial charge in [-0.05, 0) is 19.1 Å². The first-order chi connectivity index (χ1) is 10.0. The van der Waals surface area contributed by atoms with E-state index in [9.17, 15) is 4.79 Å². The lowest BCUT2D eigenvalue weighted by Crippen LogP contribution is -2.08. The van der Waals surface area contributed by atoms with E-state index in [1.807, 2.05) is 6.92 Å². The molecule has 7 heteroatoms. The molecule has 1 amide bonds.